The maximum Gasteiger partial charge on any atom is 0.101 e. The minimum atomic E-state index is -2.51. The van der Waals surface area contributed by atoms with Crippen molar-refractivity contribution in [2.75, 3.05) is 26.2 Å². The molecule has 0 saturated heterocycles. The van der Waals surface area contributed by atoms with Gasteiger partial charge in [0.2, 0.25) is 0 Å². The van der Waals surface area contributed by atoms with Gasteiger partial charge in [-0.3, -0.25) is 0 Å². The van der Waals surface area contributed by atoms with E-state index in [0.29, 0.717) is 23.2 Å². The van der Waals surface area contributed by atoms with Crippen molar-refractivity contribution in [1.82, 2.24) is 4.90 Å². The van der Waals surface area contributed by atoms with Gasteiger partial charge in [0.25, 0.3) is 0 Å². The zero-order valence-electron chi connectivity index (χ0n) is 36.6. The van der Waals surface area contributed by atoms with Crippen molar-refractivity contribution in [1.29, 1.82) is 0 Å². The fraction of sp³-hybridized carbons (Fsp3) is 1.00. The summed E-state index contributed by atoms with van der Waals surface area (Å²) < 4.78 is 30.1. The van der Waals surface area contributed by atoms with Crippen LogP contribution in [0.5, 0.6) is 0 Å². The molecule has 4 saturated carbocycles. The molecule has 0 aromatic rings. The molecule has 1 N–H and O–H groups in total. The Morgan fingerprint density at radius 1 is 0.462 bits per heavy atom. The van der Waals surface area contributed by atoms with Crippen LogP contribution in [0.2, 0.25) is 0 Å². The Morgan fingerprint density at radius 3 is 1.02 bits per heavy atom. The van der Waals surface area contributed by atoms with Gasteiger partial charge >= 0.3 is 0 Å². The molecule has 4 fully saturated rings. The van der Waals surface area contributed by atoms with Crippen molar-refractivity contribution in [2.24, 2.45) is 11.8 Å². The molecule has 314 valence electrons. The van der Waals surface area contributed by atoms with Gasteiger partial charge in [-0.2, -0.15) is 0 Å². The summed E-state index contributed by atoms with van der Waals surface area (Å²) in [5.41, 5.74) is 0.582. The topological polar surface area (TPSA) is 57.6 Å². The molecule has 0 aliphatic heterocycles. The molecule has 4 nitrogen and oxygen atoms in total. The molecule has 4 atom stereocenters. The third-order valence-electron chi connectivity index (χ3n) is 13.0. The molecule has 4 rings (SSSR count). The Kier molecular flexibility index (Phi) is 24.4. The van der Waals surface area contributed by atoms with E-state index in [1.54, 1.807) is 0 Å². The van der Waals surface area contributed by atoms with Gasteiger partial charge in [-0.1, -0.05) is 173 Å². The van der Waals surface area contributed by atoms with E-state index in [2.05, 4.69) is 88.0 Å². The Labute approximate surface area is 347 Å². The normalized spacial score (nSPS) is 24.4. The van der Waals surface area contributed by atoms with Crippen molar-refractivity contribution in [3.05, 3.63) is 0 Å². The van der Waals surface area contributed by atoms with Gasteiger partial charge in [-0.15, -0.1) is 0 Å². The largest absolute Gasteiger partial charge is 0.396 e. The molecule has 0 aromatic carbocycles. The predicted octanol–water partition coefficient (Wildman–Crippen LogP) is 14.0. The summed E-state index contributed by atoms with van der Waals surface area (Å²) >= 11 is 0. The Balaban J connectivity index is 0.00000185. The quantitative estimate of drug-likeness (QED) is 0.121. The van der Waals surface area contributed by atoms with E-state index in [9.17, 15) is 5.11 Å². The van der Waals surface area contributed by atoms with E-state index in [1.165, 1.54) is 89.9 Å². The van der Waals surface area contributed by atoms with Crippen molar-refractivity contribution in [2.45, 2.75) is 243 Å². The van der Waals surface area contributed by atoms with Crippen LogP contribution in [0.1, 0.15) is 212 Å². The van der Waals surface area contributed by atoms with E-state index in [1.807, 2.05) is 0 Å². The first-order valence-corrected chi connectivity index (χ1v) is 25.2. The van der Waals surface area contributed by atoms with Crippen LogP contribution in [0, 0.1) is 11.8 Å². The van der Waals surface area contributed by atoms with Gasteiger partial charge in [0, 0.05) is 85.8 Å². The number of hydrogen-bond acceptors (Lipinski definition) is 4. The van der Waals surface area contributed by atoms with Crippen LogP contribution in [0.4, 0.5) is 0 Å². The van der Waals surface area contributed by atoms with Crippen LogP contribution < -0.4 is 0 Å². The van der Waals surface area contributed by atoms with Crippen molar-refractivity contribution in [3.8, 4) is 0 Å². The number of aliphatic hydroxyl groups is 1. The van der Waals surface area contributed by atoms with Crippen LogP contribution in [0.3, 0.4) is 0 Å². The molecule has 4 aliphatic rings. The fourth-order valence-electron chi connectivity index (χ4n) is 10.9. The predicted molar refractivity (Wildman–Crippen MR) is 225 cm³/mol. The summed E-state index contributed by atoms with van der Waals surface area (Å²) in [6.45, 7) is 30.0. The second-order valence-corrected chi connectivity index (χ2v) is 30.3. The van der Waals surface area contributed by atoms with Gasteiger partial charge in [-0.05, 0) is 56.9 Å². The Morgan fingerprint density at radius 2 is 0.750 bits per heavy atom. The van der Waals surface area contributed by atoms with E-state index in [-0.39, 0.29) is 61.4 Å². The van der Waals surface area contributed by atoms with Crippen LogP contribution >= 0.6 is 14.3 Å². The first kappa shape index (κ1) is 53.4. The average molecular weight is 854 g/mol. The zero-order valence-corrected chi connectivity index (χ0v) is 40.6. The standard InChI is InChI=1S/C34H69NO3P2.2C5H10.2Fe/c1-31(2,3)39(37,32(4,5)6)29-21-17-19-27(29)25-35(23-15-13-14-16-24-36)26-28-20-18-22-30(28)40(38,33(7,8)9)34(10,11)12;2*1-2-4-5-3-1;;/h27-30,36H,13-26H2,1-12H3;2*1-5H2;;. The summed E-state index contributed by atoms with van der Waals surface area (Å²) in [4.78, 5) is 2.72. The van der Waals surface area contributed by atoms with Crippen LogP contribution in [0.25, 0.3) is 0 Å². The molecule has 0 bridgehead atoms. The fourth-order valence-corrected chi connectivity index (χ4v) is 21.7. The zero-order chi connectivity index (χ0) is 37.9. The van der Waals surface area contributed by atoms with Gasteiger partial charge in [-0.25, -0.2) is 0 Å². The van der Waals surface area contributed by atoms with Crippen LogP contribution in [-0.2, 0) is 43.3 Å². The second kappa shape index (κ2) is 23.7. The molecule has 4 aliphatic carbocycles. The number of hydrogen-bond donors (Lipinski definition) is 1. The van der Waals surface area contributed by atoms with E-state index in [0.717, 1.165) is 58.2 Å². The molecule has 0 heterocycles. The Bertz CT molecular complexity index is 920. The summed E-state index contributed by atoms with van der Waals surface area (Å²) in [5, 5.41) is 8.47. The molecule has 52 heavy (non-hydrogen) atoms. The molecule has 8 heteroatoms. The third kappa shape index (κ3) is 14.7. The minimum Gasteiger partial charge on any atom is -0.396 e. The maximum absolute atomic E-state index is 15.1. The SMILES string of the molecule is C1CCCC1.C1CCCC1.CC(C)(C)P(=O)(C1CCCC1CN(CCCCCCO)CC1CCCC1P(=O)(C(C)(C)C)C(C)(C)C)C(C)(C)C.[Fe].[Fe]. The summed E-state index contributed by atoms with van der Waals surface area (Å²) in [6, 6.07) is 0. The van der Waals surface area contributed by atoms with Gasteiger partial charge in [0.1, 0.15) is 14.3 Å². The number of nitrogens with zero attached hydrogens (tertiary/aromatic N) is 1. The molecule has 0 spiro atoms. The van der Waals surface area contributed by atoms with E-state index >= 15 is 9.13 Å². The molecule has 0 aromatic heterocycles. The third-order valence-corrected chi connectivity index (χ3v) is 24.2. The van der Waals surface area contributed by atoms with Crippen molar-refractivity contribution >= 4 is 14.3 Å². The molecule has 0 radical (unpaired) electrons. The van der Waals surface area contributed by atoms with Crippen LogP contribution in [0.15, 0.2) is 0 Å². The molecular weight excluding hydrogens is 764 g/mol. The number of rotatable bonds is 12. The van der Waals surface area contributed by atoms with Gasteiger partial charge < -0.3 is 19.1 Å². The minimum absolute atomic E-state index is 0. The van der Waals surface area contributed by atoms with E-state index in [4.69, 9.17) is 0 Å². The first-order valence-electron chi connectivity index (χ1n) is 21.7. The average Bonchev–Trinajstić information content (AvgIpc) is 3.84. The monoisotopic (exact) mass is 854 g/mol. The van der Waals surface area contributed by atoms with Gasteiger partial charge in [0.15, 0.2) is 0 Å². The van der Waals surface area contributed by atoms with Crippen LogP contribution in [-0.4, -0.2) is 68.2 Å². The smallest absolute Gasteiger partial charge is 0.101 e. The first-order chi connectivity index (χ1) is 23.1. The second-order valence-electron chi connectivity index (χ2n) is 20.9. The Hall–Kier alpha value is 1.42. The molecule has 4 unspecified atom stereocenters. The number of aliphatic hydroxyl groups excluding tert-OH is 1. The summed E-state index contributed by atoms with van der Waals surface area (Å²) in [5.74, 6) is 0.942. The van der Waals surface area contributed by atoms with E-state index < -0.39 is 14.3 Å². The molecular formula is C44H89Fe2NO3P2. The summed E-state index contributed by atoms with van der Waals surface area (Å²) in [6.07, 6.45) is 26.2. The summed E-state index contributed by atoms with van der Waals surface area (Å²) in [7, 11) is -5.01. The van der Waals surface area contributed by atoms with Crippen molar-refractivity contribution < 1.29 is 48.4 Å². The van der Waals surface area contributed by atoms with Gasteiger partial charge in [0.05, 0.1) is 0 Å². The molecule has 0 amide bonds. The maximum atomic E-state index is 15.1. The number of unbranched alkanes of at least 4 members (excludes halogenated alkanes) is 3. The van der Waals surface area contributed by atoms with Crippen molar-refractivity contribution in [3.63, 3.8) is 0 Å².